The van der Waals surface area contributed by atoms with Gasteiger partial charge in [0.25, 0.3) is 0 Å². The Bertz CT molecular complexity index is 90.3. The molecule has 3 nitrogen and oxygen atoms in total. The summed E-state index contributed by atoms with van der Waals surface area (Å²) in [5.41, 5.74) is 4.79. The molecule has 3 heteroatoms. The maximum Gasteiger partial charge on any atom is 0.208 e. The van der Waals surface area contributed by atoms with Crippen molar-refractivity contribution >= 4 is 5.96 Å². The smallest absolute Gasteiger partial charge is 0.208 e. The van der Waals surface area contributed by atoms with Crippen LogP contribution in [0.2, 0.25) is 0 Å². The highest BCUT2D eigenvalue weighted by atomic mass is 15.1. The van der Waals surface area contributed by atoms with E-state index in [1.807, 2.05) is 20.8 Å². The Labute approximate surface area is 49.8 Å². The van der Waals surface area contributed by atoms with E-state index >= 15 is 0 Å². The molecule has 0 unspecified atom stereocenters. The third-order valence-corrected chi connectivity index (χ3v) is 0.456. The van der Waals surface area contributed by atoms with Crippen molar-refractivity contribution < 1.29 is 0 Å². The average molecular weight is 114 g/mol. The van der Waals surface area contributed by atoms with Crippen molar-refractivity contribution in [2.45, 2.75) is 26.3 Å². The van der Waals surface area contributed by atoms with Crippen LogP contribution in [-0.2, 0) is 0 Å². The van der Waals surface area contributed by atoms with Crippen LogP contribution in [0.25, 0.3) is 0 Å². The maximum atomic E-state index is 6.76. The largest absolute Gasteiger partial charge is 0.369 e. The van der Waals surface area contributed by atoms with Crippen LogP contribution in [0.4, 0.5) is 0 Å². The van der Waals surface area contributed by atoms with Crippen molar-refractivity contribution in [1.29, 1.82) is 5.41 Å². The fourth-order valence-electron chi connectivity index (χ4n) is 0.361. The molecular weight excluding hydrogens is 102 g/mol. The molecule has 8 heavy (non-hydrogen) atoms. The van der Waals surface area contributed by atoms with Gasteiger partial charge in [0.1, 0.15) is 0 Å². The number of nitrogens with one attached hydrogen (secondary N) is 1. The molecule has 0 atom stereocenters. The SMILES string of the molecule is CC(C)(C)[N]C(=N)N. The van der Waals surface area contributed by atoms with Crippen LogP contribution < -0.4 is 11.1 Å². The van der Waals surface area contributed by atoms with Crippen molar-refractivity contribution in [2.75, 3.05) is 0 Å². The van der Waals surface area contributed by atoms with Gasteiger partial charge in [0.15, 0.2) is 0 Å². The van der Waals surface area contributed by atoms with E-state index in [1.54, 1.807) is 0 Å². The van der Waals surface area contributed by atoms with Gasteiger partial charge in [-0.3, -0.25) is 5.41 Å². The Morgan fingerprint density at radius 2 is 1.88 bits per heavy atom. The van der Waals surface area contributed by atoms with Gasteiger partial charge in [-0.2, -0.15) is 0 Å². The Hall–Kier alpha value is -0.730. The van der Waals surface area contributed by atoms with Crippen LogP contribution in [0.1, 0.15) is 20.8 Å². The molecule has 0 bridgehead atoms. The maximum absolute atomic E-state index is 6.76. The molecule has 0 aliphatic rings. The average Bonchev–Trinajstić information content (AvgIpc) is 1.21. The van der Waals surface area contributed by atoms with Gasteiger partial charge >= 0.3 is 0 Å². The normalized spacial score (nSPS) is 10.9. The number of nitrogens with zero attached hydrogens (tertiary/aromatic N) is 1. The first-order chi connectivity index (χ1) is 3.42. The van der Waals surface area contributed by atoms with Gasteiger partial charge < -0.3 is 5.73 Å². The molecule has 0 aromatic carbocycles. The van der Waals surface area contributed by atoms with E-state index in [9.17, 15) is 0 Å². The molecule has 0 heterocycles. The minimum atomic E-state index is -0.203. The van der Waals surface area contributed by atoms with Gasteiger partial charge in [-0.25, -0.2) is 5.32 Å². The number of guanidine groups is 1. The first-order valence-electron chi connectivity index (χ1n) is 2.49. The highest BCUT2D eigenvalue weighted by Crippen LogP contribution is 1.98. The second kappa shape index (κ2) is 2.03. The molecule has 0 aromatic heterocycles. The summed E-state index contributed by atoms with van der Waals surface area (Å²) in [7, 11) is 0. The van der Waals surface area contributed by atoms with Crippen LogP contribution in [0.5, 0.6) is 0 Å². The molecule has 1 radical (unpaired) electrons. The summed E-state index contributed by atoms with van der Waals surface area (Å²) in [6, 6.07) is 0. The van der Waals surface area contributed by atoms with Crippen LogP contribution in [0.3, 0.4) is 0 Å². The van der Waals surface area contributed by atoms with E-state index in [0.717, 1.165) is 0 Å². The molecule has 0 saturated heterocycles. The first-order valence-corrected chi connectivity index (χ1v) is 2.49. The summed E-state index contributed by atoms with van der Waals surface area (Å²) in [6.07, 6.45) is 0. The molecule has 3 N–H and O–H groups in total. The zero-order chi connectivity index (χ0) is 6.78. The molecule has 0 aromatic rings. The molecule has 0 fully saturated rings. The van der Waals surface area contributed by atoms with Gasteiger partial charge in [0, 0.05) is 0 Å². The van der Waals surface area contributed by atoms with E-state index in [2.05, 4.69) is 5.32 Å². The quantitative estimate of drug-likeness (QED) is 0.345. The molecule has 47 valence electrons. The Kier molecular flexibility index (Phi) is 1.84. The molecule has 0 aliphatic heterocycles. The zero-order valence-corrected chi connectivity index (χ0v) is 5.52. The van der Waals surface area contributed by atoms with Crippen LogP contribution in [0, 0.1) is 5.41 Å². The summed E-state index contributed by atoms with van der Waals surface area (Å²) in [5, 5.41) is 10.5. The third-order valence-electron chi connectivity index (χ3n) is 0.456. The van der Waals surface area contributed by atoms with Gasteiger partial charge in [0.2, 0.25) is 5.96 Å². The lowest BCUT2D eigenvalue weighted by molar-refractivity contribution is 0.499. The predicted molar refractivity (Wildman–Crippen MR) is 33.8 cm³/mol. The monoisotopic (exact) mass is 114 g/mol. The molecule has 0 spiro atoms. The van der Waals surface area contributed by atoms with E-state index in [4.69, 9.17) is 11.1 Å². The van der Waals surface area contributed by atoms with Gasteiger partial charge in [0.05, 0.1) is 5.54 Å². The van der Waals surface area contributed by atoms with E-state index in [0.29, 0.717) is 0 Å². The van der Waals surface area contributed by atoms with Crippen molar-refractivity contribution in [3.05, 3.63) is 0 Å². The number of hydrogen-bond donors (Lipinski definition) is 2. The van der Waals surface area contributed by atoms with Crippen LogP contribution in [0.15, 0.2) is 0 Å². The minimum Gasteiger partial charge on any atom is -0.369 e. The van der Waals surface area contributed by atoms with E-state index < -0.39 is 0 Å². The number of nitrogens with two attached hydrogens (primary N) is 1. The van der Waals surface area contributed by atoms with Gasteiger partial charge in [-0.1, -0.05) is 0 Å². The number of hydrogen-bond acceptors (Lipinski definition) is 1. The molecule has 0 saturated carbocycles. The van der Waals surface area contributed by atoms with Crippen LogP contribution >= 0.6 is 0 Å². The fourth-order valence-corrected chi connectivity index (χ4v) is 0.361. The Morgan fingerprint density at radius 1 is 1.50 bits per heavy atom. The van der Waals surface area contributed by atoms with Crippen LogP contribution in [-0.4, -0.2) is 11.5 Å². The van der Waals surface area contributed by atoms with Crippen molar-refractivity contribution in [2.24, 2.45) is 5.73 Å². The lowest BCUT2D eigenvalue weighted by atomic mass is 10.1. The second-order valence-corrected chi connectivity index (χ2v) is 2.67. The molecular formula is C5H12N3. The van der Waals surface area contributed by atoms with E-state index in [1.165, 1.54) is 0 Å². The van der Waals surface area contributed by atoms with E-state index in [-0.39, 0.29) is 11.5 Å². The summed E-state index contributed by atoms with van der Waals surface area (Å²) >= 11 is 0. The lowest BCUT2D eigenvalue weighted by Crippen LogP contribution is -2.37. The zero-order valence-electron chi connectivity index (χ0n) is 5.52. The number of rotatable bonds is 0. The van der Waals surface area contributed by atoms with Gasteiger partial charge in [-0.15, -0.1) is 0 Å². The summed E-state index contributed by atoms with van der Waals surface area (Å²) in [6.45, 7) is 5.69. The highest BCUT2D eigenvalue weighted by molar-refractivity contribution is 5.74. The molecule has 0 rings (SSSR count). The predicted octanol–water partition coefficient (Wildman–Crippen LogP) is 0.283. The van der Waals surface area contributed by atoms with Crippen molar-refractivity contribution in [1.82, 2.24) is 5.32 Å². The standard InChI is InChI=1S/C5H12N3/c1-5(2,3)8-4(6)7/h1-3H3,(H3,6,7). The topological polar surface area (TPSA) is 64.0 Å². The lowest BCUT2D eigenvalue weighted by Gasteiger charge is -2.15. The molecule has 0 amide bonds. The van der Waals surface area contributed by atoms with Crippen molar-refractivity contribution in [3.63, 3.8) is 0 Å². The fraction of sp³-hybridized carbons (Fsp3) is 0.800. The Morgan fingerprint density at radius 3 is 1.88 bits per heavy atom. The summed E-state index contributed by atoms with van der Waals surface area (Å²) in [5.74, 6) is -0.0995. The minimum absolute atomic E-state index is 0.0995. The van der Waals surface area contributed by atoms with Crippen molar-refractivity contribution in [3.8, 4) is 0 Å². The summed E-state index contributed by atoms with van der Waals surface area (Å²) < 4.78 is 0. The third kappa shape index (κ3) is 5.27. The second-order valence-electron chi connectivity index (χ2n) is 2.67. The van der Waals surface area contributed by atoms with Gasteiger partial charge in [-0.05, 0) is 20.8 Å². The summed E-state index contributed by atoms with van der Waals surface area (Å²) in [4.78, 5) is 0. The first kappa shape index (κ1) is 7.27. The highest BCUT2D eigenvalue weighted by Gasteiger charge is 2.10. The molecule has 0 aliphatic carbocycles. The Balaban J connectivity index is 3.55.